The fourth-order valence-electron chi connectivity index (χ4n) is 2.07. The van der Waals surface area contributed by atoms with Crippen molar-refractivity contribution in [3.05, 3.63) is 34.9 Å². The van der Waals surface area contributed by atoms with Crippen LogP contribution in [0.1, 0.15) is 72.6 Å². The van der Waals surface area contributed by atoms with Gasteiger partial charge in [0.05, 0.1) is 0 Å². The summed E-state index contributed by atoms with van der Waals surface area (Å²) in [5, 5.41) is 0. The van der Waals surface area contributed by atoms with Crippen LogP contribution in [0, 0.1) is 17.8 Å². The van der Waals surface area contributed by atoms with Gasteiger partial charge in [-0.1, -0.05) is 47.6 Å². The van der Waals surface area contributed by atoms with Crippen LogP contribution >= 0.6 is 0 Å². The summed E-state index contributed by atoms with van der Waals surface area (Å²) in [5.41, 5.74) is 1.29. The molecule has 0 aliphatic rings. The molecule has 21 heavy (non-hydrogen) atoms. The van der Waals surface area contributed by atoms with Crippen LogP contribution in [0.15, 0.2) is 18.2 Å². The molecule has 0 saturated carbocycles. The topological polar surface area (TPSA) is 51.2 Å². The minimum atomic E-state index is -0.215. The second-order valence-corrected chi connectivity index (χ2v) is 6.32. The summed E-state index contributed by atoms with van der Waals surface area (Å²) >= 11 is 0. The van der Waals surface area contributed by atoms with Gasteiger partial charge < -0.3 is 0 Å². The van der Waals surface area contributed by atoms with Gasteiger partial charge in [-0.15, -0.1) is 0 Å². The first kappa shape index (κ1) is 17.3. The van der Waals surface area contributed by atoms with E-state index in [0.717, 1.165) is 0 Å². The van der Waals surface area contributed by atoms with E-state index in [1.165, 1.54) is 0 Å². The third-order valence-corrected chi connectivity index (χ3v) is 3.41. The van der Waals surface area contributed by atoms with Gasteiger partial charge in [0.15, 0.2) is 17.3 Å². The summed E-state index contributed by atoms with van der Waals surface area (Å²) in [7, 11) is 0. The minimum absolute atomic E-state index is 0.0173. The van der Waals surface area contributed by atoms with E-state index < -0.39 is 0 Å². The quantitative estimate of drug-likeness (QED) is 0.737. The van der Waals surface area contributed by atoms with Crippen LogP contribution in [0.2, 0.25) is 0 Å². The highest BCUT2D eigenvalue weighted by atomic mass is 16.1. The van der Waals surface area contributed by atoms with Gasteiger partial charge in [-0.3, -0.25) is 14.4 Å². The van der Waals surface area contributed by atoms with Crippen molar-refractivity contribution in [1.82, 2.24) is 0 Å². The van der Waals surface area contributed by atoms with Gasteiger partial charge in [0.1, 0.15) is 0 Å². The highest BCUT2D eigenvalue weighted by Gasteiger charge is 2.23. The van der Waals surface area contributed by atoms with Crippen molar-refractivity contribution < 1.29 is 14.4 Å². The zero-order valence-corrected chi connectivity index (χ0v) is 13.7. The molecule has 0 aromatic heterocycles. The highest BCUT2D eigenvalue weighted by Crippen LogP contribution is 2.21. The van der Waals surface area contributed by atoms with Gasteiger partial charge in [0, 0.05) is 34.4 Å². The van der Waals surface area contributed by atoms with E-state index in [9.17, 15) is 14.4 Å². The zero-order valence-electron chi connectivity index (χ0n) is 13.7. The summed E-state index contributed by atoms with van der Waals surface area (Å²) in [6, 6.07) is 4.85. The molecule has 0 bridgehead atoms. The summed E-state index contributed by atoms with van der Waals surface area (Å²) < 4.78 is 0. The number of carbonyl (C=O) groups excluding carboxylic acids is 3. The molecule has 1 rings (SSSR count). The number of benzene rings is 1. The summed E-state index contributed by atoms with van der Waals surface area (Å²) in [5.74, 6) is -0.724. The van der Waals surface area contributed by atoms with E-state index in [0.29, 0.717) is 16.7 Å². The predicted octanol–water partition coefficient (Wildman–Crippen LogP) is 4.20. The molecule has 0 spiro atoms. The lowest BCUT2D eigenvalue weighted by molar-refractivity contribution is 0.0904. The van der Waals surface area contributed by atoms with E-state index in [1.54, 1.807) is 45.9 Å². The standard InChI is InChI=1S/C18H24O3/c1-10(2)16(19)13-7-8-14(17(20)11(3)4)15(9-13)18(21)12(5)6/h7-12H,1-6H3. The Bertz CT molecular complexity index is 566. The Hall–Kier alpha value is -1.77. The van der Waals surface area contributed by atoms with Crippen LogP contribution in [-0.4, -0.2) is 17.3 Å². The molecule has 0 atom stereocenters. The van der Waals surface area contributed by atoms with Gasteiger partial charge in [-0.2, -0.15) is 0 Å². The fourth-order valence-corrected chi connectivity index (χ4v) is 2.07. The molecule has 1 aromatic rings. The van der Waals surface area contributed by atoms with Crippen LogP contribution < -0.4 is 0 Å². The number of carbonyl (C=O) groups is 3. The van der Waals surface area contributed by atoms with Crippen molar-refractivity contribution in [1.29, 1.82) is 0 Å². The monoisotopic (exact) mass is 288 g/mol. The molecule has 0 N–H and O–H groups in total. The molecule has 3 nitrogen and oxygen atoms in total. The van der Waals surface area contributed by atoms with Crippen molar-refractivity contribution in [2.24, 2.45) is 17.8 Å². The second kappa shape index (κ2) is 6.79. The Labute approximate surface area is 126 Å². The Morgan fingerprint density at radius 2 is 1.10 bits per heavy atom. The molecular formula is C18H24O3. The molecule has 0 heterocycles. The Kier molecular flexibility index (Phi) is 5.59. The molecular weight excluding hydrogens is 264 g/mol. The molecule has 0 radical (unpaired) electrons. The predicted molar refractivity (Wildman–Crippen MR) is 83.9 cm³/mol. The van der Waals surface area contributed by atoms with Gasteiger partial charge >= 0.3 is 0 Å². The molecule has 0 amide bonds. The Balaban J connectivity index is 3.43. The normalized spacial score (nSPS) is 11.3. The first-order chi connectivity index (χ1) is 9.66. The molecule has 0 saturated heterocycles. The highest BCUT2D eigenvalue weighted by molar-refractivity contribution is 6.11. The molecule has 0 fully saturated rings. The number of hydrogen-bond acceptors (Lipinski definition) is 3. The fraction of sp³-hybridized carbons (Fsp3) is 0.500. The maximum absolute atomic E-state index is 12.4. The Morgan fingerprint density at radius 1 is 0.667 bits per heavy atom. The largest absolute Gasteiger partial charge is 0.294 e. The van der Waals surface area contributed by atoms with Crippen LogP contribution in [0.3, 0.4) is 0 Å². The molecule has 3 heteroatoms. The van der Waals surface area contributed by atoms with E-state index in [2.05, 4.69) is 0 Å². The molecule has 0 unspecified atom stereocenters. The van der Waals surface area contributed by atoms with Crippen LogP contribution in [0.25, 0.3) is 0 Å². The van der Waals surface area contributed by atoms with E-state index in [-0.39, 0.29) is 35.1 Å². The molecule has 0 aliphatic carbocycles. The zero-order chi connectivity index (χ0) is 16.3. The summed E-state index contributed by atoms with van der Waals surface area (Å²) in [6.07, 6.45) is 0. The maximum Gasteiger partial charge on any atom is 0.166 e. The molecule has 0 aliphatic heterocycles. The van der Waals surface area contributed by atoms with E-state index >= 15 is 0 Å². The number of rotatable bonds is 6. The summed E-state index contributed by atoms with van der Waals surface area (Å²) in [4.78, 5) is 36.8. The van der Waals surface area contributed by atoms with Crippen LogP contribution in [0.4, 0.5) is 0 Å². The first-order valence-corrected chi connectivity index (χ1v) is 7.43. The molecule has 1 aromatic carbocycles. The van der Waals surface area contributed by atoms with Crippen LogP contribution in [-0.2, 0) is 0 Å². The average molecular weight is 288 g/mol. The third kappa shape index (κ3) is 3.87. The van der Waals surface area contributed by atoms with E-state index in [1.807, 2.05) is 13.8 Å². The number of ketones is 3. The van der Waals surface area contributed by atoms with Gasteiger partial charge in [0.2, 0.25) is 0 Å². The Morgan fingerprint density at radius 3 is 1.52 bits per heavy atom. The van der Waals surface area contributed by atoms with Crippen molar-refractivity contribution in [3.8, 4) is 0 Å². The lowest BCUT2D eigenvalue weighted by Crippen LogP contribution is -2.18. The maximum atomic E-state index is 12.4. The smallest absolute Gasteiger partial charge is 0.166 e. The lowest BCUT2D eigenvalue weighted by Gasteiger charge is -2.14. The lowest BCUT2D eigenvalue weighted by atomic mass is 9.88. The van der Waals surface area contributed by atoms with Crippen LogP contribution in [0.5, 0.6) is 0 Å². The summed E-state index contributed by atoms with van der Waals surface area (Å²) in [6.45, 7) is 10.8. The van der Waals surface area contributed by atoms with E-state index in [4.69, 9.17) is 0 Å². The van der Waals surface area contributed by atoms with Gasteiger partial charge in [0.25, 0.3) is 0 Å². The molecule has 114 valence electrons. The minimum Gasteiger partial charge on any atom is -0.294 e. The SMILES string of the molecule is CC(C)C(=O)c1ccc(C(=O)C(C)C)c(C(=O)C(C)C)c1. The van der Waals surface area contributed by atoms with Crippen molar-refractivity contribution >= 4 is 17.3 Å². The van der Waals surface area contributed by atoms with Gasteiger partial charge in [-0.25, -0.2) is 0 Å². The van der Waals surface area contributed by atoms with Gasteiger partial charge in [-0.05, 0) is 12.1 Å². The van der Waals surface area contributed by atoms with Crippen molar-refractivity contribution in [2.75, 3.05) is 0 Å². The van der Waals surface area contributed by atoms with Crippen molar-refractivity contribution in [3.63, 3.8) is 0 Å². The number of hydrogen-bond donors (Lipinski definition) is 0. The second-order valence-electron chi connectivity index (χ2n) is 6.32. The number of Topliss-reactive ketones (excluding diaryl/α,β-unsaturated/α-hetero) is 3. The third-order valence-electron chi connectivity index (χ3n) is 3.41. The first-order valence-electron chi connectivity index (χ1n) is 7.43. The van der Waals surface area contributed by atoms with Crippen molar-refractivity contribution in [2.45, 2.75) is 41.5 Å². The average Bonchev–Trinajstić information content (AvgIpc) is 2.43.